The van der Waals surface area contributed by atoms with Gasteiger partial charge in [0, 0.05) is 6.54 Å². The van der Waals surface area contributed by atoms with Gasteiger partial charge >= 0.3 is 5.97 Å². The van der Waals surface area contributed by atoms with E-state index < -0.39 is 12.1 Å². The third-order valence-electron chi connectivity index (χ3n) is 4.60. The Morgan fingerprint density at radius 1 is 0.871 bits per heavy atom. The lowest BCUT2D eigenvalue weighted by Gasteiger charge is -2.14. The van der Waals surface area contributed by atoms with Crippen LogP contribution >= 0.6 is 0 Å². The Kier molecular flexibility index (Phi) is 7.65. The summed E-state index contributed by atoms with van der Waals surface area (Å²) in [5.74, 6) is 0.333. The van der Waals surface area contributed by atoms with Crippen LogP contribution in [0.3, 0.4) is 0 Å². The third kappa shape index (κ3) is 6.60. The summed E-state index contributed by atoms with van der Waals surface area (Å²) in [6.45, 7) is 2.26. The van der Waals surface area contributed by atoms with Crippen molar-refractivity contribution in [3.8, 4) is 11.5 Å². The van der Waals surface area contributed by atoms with Crippen LogP contribution in [0.4, 0.5) is 0 Å². The fourth-order valence-corrected chi connectivity index (χ4v) is 2.81. The van der Waals surface area contributed by atoms with Gasteiger partial charge in [0.1, 0.15) is 18.1 Å². The van der Waals surface area contributed by atoms with Crippen molar-refractivity contribution in [2.45, 2.75) is 26.2 Å². The Bertz CT molecular complexity index is 1000. The fraction of sp³-hybridized carbons (Fsp3) is 0.200. The number of hydrogen-bond acceptors (Lipinski definition) is 5. The zero-order valence-electron chi connectivity index (χ0n) is 17.5. The first-order valence-electron chi connectivity index (χ1n) is 9.93. The molecule has 0 aliphatic heterocycles. The molecule has 0 aliphatic rings. The average molecular weight is 419 g/mol. The fourth-order valence-electron chi connectivity index (χ4n) is 2.81. The Morgan fingerprint density at radius 2 is 1.61 bits per heavy atom. The Morgan fingerprint density at radius 3 is 2.32 bits per heavy atom. The lowest BCUT2D eigenvalue weighted by molar-refractivity contribution is -0.129. The second kappa shape index (κ2) is 10.8. The molecule has 0 saturated heterocycles. The maximum atomic E-state index is 12.5. The highest BCUT2D eigenvalue weighted by atomic mass is 16.5. The monoisotopic (exact) mass is 419 g/mol. The lowest BCUT2D eigenvalue weighted by atomic mass is 10.2. The zero-order valence-corrected chi connectivity index (χ0v) is 17.5. The molecule has 0 heterocycles. The molecule has 6 nitrogen and oxygen atoms in total. The van der Waals surface area contributed by atoms with Gasteiger partial charge in [-0.1, -0.05) is 48.5 Å². The zero-order chi connectivity index (χ0) is 22.1. The minimum Gasteiger partial charge on any atom is -0.497 e. The molecule has 160 valence electrons. The smallest absolute Gasteiger partial charge is 0.339 e. The van der Waals surface area contributed by atoms with Gasteiger partial charge in [0.05, 0.1) is 12.7 Å². The number of methoxy groups -OCH3 is 1. The van der Waals surface area contributed by atoms with E-state index in [9.17, 15) is 9.59 Å². The maximum absolute atomic E-state index is 12.5. The van der Waals surface area contributed by atoms with E-state index >= 15 is 0 Å². The Balaban J connectivity index is 1.50. The number of carbonyl (C=O) groups excluding carboxylic acids is 2. The molecule has 3 aromatic rings. The molecule has 1 amide bonds. The predicted molar refractivity (Wildman–Crippen MR) is 117 cm³/mol. The van der Waals surface area contributed by atoms with Crippen molar-refractivity contribution >= 4 is 11.9 Å². The molecular weight excluding hydrogens is 394 g/mol. The van der Waals surface area contributed by atoms with E-state index in [1.165, 1.54) is 6.92 Å². The van der Waals surface area contributed by atoms with Crippen LogP contribution in [0.2, 0.25) is 0 Å². The SMILES string of the molecule is COc1ccc(CNC(=O)[C@@H](C)OC(=O)c2cccc(OCc3ccccc3)c2)cc1. The van der Waals surface area contributed by atoms with E-state index in [0.29, 0.717) is 24.5 Å². The number of rotatable bonds is 9. The quantitative estimate of drug-likeness (QED) is 0.528. The molecule has 0 fully saturated rings. The van der Waals surface area contributed by atoms with Gasteiger partial charge in [-0.05, 0) is 48.4 Å². The second-order valence-electron chi connectivity index (χ2n) is 6.92. The van der Waals surface area contributed by atoms with Crippen LogP contribution in [0.15, 0.2) is 78.9 Å². The van der Waals surface area contributed by atoms with Crippen LogP contribution in [0.5, 0.6) is 11.5 Å². The van der Waals surface area contributed by atoms with E-state index in [1.807, 2.05) is 54.6 Å². The largest absolute Gasteiger partial charge is 0.497 e. The number of ether oxygens (including phenoxy) is 3. The third-order valence-corrected chi connectivity index (χ3v) is 4.60. The van der Waals surface area contributed by atoms with Crippen molar-refractivity contribution in [1.29, 1.82) is 0 Å². The molecule has 1 atom stereocenters. The summed E-state index contributed by atoms with van der Waals surface area (Å²) in [5, 5.41) is 2.76. The minimum atomic E-state index is -0.931. The van der Waals surface area contributed by atoms with Crippen molar-refractivity contribution < 1.29 is 23.8 Å². The summed E-state index contributed by atoms with van der Waals surface area (Å²) in [6, 6.07) is 23.8. The molecule has 1 N–H and O–H groups in total. The van der Waals surface area contributed by atoms with E-state index in [-0.39, 0.29) is 5.91 Å². The molecule has 0 radical (unpaired) electrons. The van der Waals surface area contributed by atoms with Crippen LogP contribution in [0.25, 0.3) is 0 Å². The molecular formula is C25H25NO5. The summed E-state index contributed by atoms with van der Waals surface area (Å²) >= 11 is 0. The van der Waals surface area contributed by atoms with Gasteiger partial charge in [-0.15, -0.1) is 0 Å². The molecule has 0 aliphatic carbocycles. The van der Waals surface area contributed by atoms with E-state index in [0.717, 1.165) is 16.9 Å². The molecule has 3 aromatic carbocycles. The van der Waals surface area contributed by atoms with Crippen molar-refractivity contribution in [3.63, 3.8) is 0 Å². The molecule has 0 spiro atoms. The first kappa shape index (κ1) is 21.9. The molecule has 0 bridgehead atoms. The second-order valence-corrected chi connectivity index (χ2v) is 6.92. The number of esters is 1. The molecule has 6 heteroatoms. The lowest BCUT2D eigenvalue weighted by Crippen LogP contribution is -2.35. The first-order chi connectivity index (χ1) is 15.0. The summed E-state index contributed by atoms with van der Waals surface area (Å²) in [4.78, 5) is 24.8. The van der Waals surface area contributed by atoms with Crippen molar-refractivity contribution in [2.75, 3.05) is 7.11 Å². The number of benzene rings is 3. The van der Waals surface area contributed by atoms with Crippen molar-refractivity contribution in [1.82, 2.24) is 5.32 Å². The number of carbonyl (C=O) groups is 2. The van der Waals surface area contributed by atoms with Gasteiger partial charge in [-0.25, -0.2) is 4.79 Å². The summed E-state index contributed by atoms with van der Waals surface area (Å²) in [6.07, 6.45) is -0.931. The highest BCUT2D eigenvalue weighted by Gasteiger charge is 2.19. The maximum Gasteiger partial charge on any atom is 0.339 e. The van der Waals surface area contributed by atoms with Gasteiger partial charge in [-0.3, -0.25) is 4.79 Å². The van der Waals surface area contributed by atoms with Gasteiger partial charge in [-0.2, -0.15) is 0 Å². The van der Waals surface area contributed by atoms with Crippen molar-refractivity contribution in [2.24, 2.45) is 0 Å². The van der Waals surface area contributed by atoms with Crippen LogP contribution in [-0.4, -0.2) is 25.1 Å². The number of nitrogens with one attached hydrogen (secondary N) is 1. The van der Waals surface area contributed by atoms with Crippen LogP contribution in [0.1, 0.15) is 28.4 Å². The Labute approximate surface area is 181 Å². The molecule has 0 saturated carbocycles. The molecule has 31 heavy (non-hydrogen) atoms. The van der Waals surface area contributed by atoms with Crippen LogP contribution in [0, 0.1) is 0 Å². The minimum absolute atomic E-state index is 0.320. The average Bonchev–Trinajstić information content (AvgIpc) is 2.82. The van der Waals surface area contributed by atoms with Gasteiger partial charge in [0.2, 0.25) is 0 Å². The highest BCUT2D eigenvalue weighted by molar-refractivity contribution is 5.92. The van der Waals surface area contributed by atoms with Gasteiger partial charge < -0.3 is 19.5 Å². The van der Waals surface area contributed by atoms with Crippen LogP contribution < -0.4 is 14.8 Å². The standard InChI is InChI=1S/C25H25NO5/c1-18(24(27)26-16-19-11-13-22(29-2)14-12-19)31-25(28)21-9-6-10-23(15-21)30-17-20-7-4-3-5-8-20/h3-15,18H,16-17H2,1-2H3,(H,26,27)/t18-/m1/s1. The number of hydrogen-bond donors (Lipinski definition) is 1. The van der Waals surface area contributed by atoms with E-state index in [1.54, 1.807) is 31.4 Å². The normalized spacial score (nSPS) is 11.3. The highest BCUT2D eigenvalue weighted by Crippen LogP contribution is 2.17. The topological polar surface area (TPSA) is 73.9 Å². The molecule has 0 aromatic heterocycles. The molecule has 3 rings (SSSR count). The summed E-state index contributed by atoms with van der Waals surface area (Å²) in [7, 11) is 1.60. The summed E-state index contributed by atoms with van der Waals surface area (Å²) in [5.41, 5.74) is 2.26. The Hall–Kier alpha value is -3.80. The summed E-state index contributed by atoms with van der Waals surface area (Å²) < 4.78 is 16.2. The number of amides is 1. The predicted octanol–water partition coefficient (Wildman–Crippen LogP) is 4.14. The van der Waals surface area contributed by atoms with E-state index in [4.69, 9.17) is 14.2 Å². The molecule has 0 unspecified atom stereocenters. The first-order valence-corrected chi connectivity index (χ1v) is 9.93. The van der Waals surface area contributed by atoms with Gasteiger partial charge in [0.25, 0.3) is 5.91 Å². The van der Waals surface area contributed by atoms with E-state index in [2.05, 4.69) is 5.32 Å². The van der Waals surface area contributed by atoms with Crippen LogP contribution in [-0.2, 0) is 22.7 Å². The van der Waals surface area contributed by atoms with Crippen molar-refractivity contribution in [3.05, 3.63) is 95.6 Å². The van der Waals surface area contributed by atoms with Gasteiger partial charge in [0.15, 0.2) is 6.10 Å².